The fourth-order valence-electron chi connectivity index (χ4n) is 2.46. The Morgan fingerprint density at radius 2 is 2.29 bits per heavy atom. The van der Waals surface area contributed by atoms with Crippen LogP contribution in [-0.2, 0) is 17.8 Å². The average molecular weight is 237 g/mol. The normalized spacial score (nSPS) is 23.4. The van der Waals surface area contributed by atoms with E-state index in [4.69, 9.17) is 10.5 Å². The Kier molecular flexibility index (Phi) is 3.19. The monoisotopic (exact) mass is 237 g/mol. The van der Waals surface area contributed by atoms with E-state index in [9.17, 15) is 4.79 Å². The molecule has 3 N–H and O–H groups in total. The van der Waals surface area contributed by atoms with Gasteiger partial charge in [-0.3, -0.25) is 9.78 Å². The molecule has 94 valence electrons. The second kappa shape index (κ2) is 4.49. The minimum absolute atomic E-state index is 0.172. The molecule has 0 aromatic carbocycles. The molecule has 0 bridgehead atoms. The molecule has 2 rings (SSSR count). The number of fused-ring (bicyclic) bond motifs is 1. The lowest BCUT2D eigenvalue weighted by atomic mass is 9.86. The SMILES string of the molecule is CCCC1(CC)Cc2nc(N)[nH]c(=O)c2CO1. The van der Waals surface area contributed by atoms with Gasteiger partial charge in [-0.1, -0.05) is 20.3 Å². The Morgan fingerprint density at radius 3 is 2.94 bits per heavy atom. The van der Waals surface area contributed by atoms with E-state index in [1.807, 2.05) is 0 Å². The standard InChI is InChI=1S/C12H19N3O2/c1-3-5-12(4-2)6-9-8(7-17-12)10(16)15-11(13)14-9/h3-7H2,1-2H3,(H3,13,14,15,16). The molecule has 0 aliphatic carbocycles. The minimum atomic E-state index is -0.172. The third-order valence-electron chi connectivity index (χ3n) is 3.48. The van der Waals surface area contributed by atoms with Crippen LogP contribution in [0.15, 0.2) is 4.79 Å². The molecule has 1 aromatic rings. The molecule has 17 heavy (non-hydrogen) atoms. The molecule has 1 aromatic heterocycles. The van der Waals surface area contributed by atoms with Crippen molar-refractivity contribution in [3.63, 3.8) is 0 Å². The molecule has 2 heterocycles. The summed E-state index contributed by atoms with van der Waals surface area (Å²) in [7, 11) is 0. The number of nitrogens with two attached hydrogens (primary N) is 1. The van der Waals surface area contributed by atoms with Crippen LogP contribution in [0.1, 0.15) is 44.4 Å². The molecule has 0 fully saturated rings. The molecular formula is C12H19N3O2. The molecule has 1 aliphatic rings. The molecule has 1 aliphatic heterocycles. The van der Waals surface area contributed by atoms with Crippen molar-refractivity contribution in [3.05, 3.63) is 21.6 Å². The van der Waals surface area contributed by atoms with Crippen LogP contribution < -0.4 is 11.3 Å². The van der Waals surface area contributed by atoms with Gasteiger partial charge in [0.05, 0.1) is 23.5 Å². The van der Waals surface area contributed by atoms with Crippen LogP contribution >= 0.6 is 0 Å². The lowest BCUT2D eigenvalue weighted by molar-refractivity contribution is -0.0776. The number of hydrogen-bond donors (Lipinski definition) is 2. The Morgan fingerprint density at radius 1 is 1.53 bits per heavy atom. The number of H-pyrrole nitrogens is 1. The van der Waals surface area contributed by atoms with Crippen molar-refractivity contribution in [1.82, 2.24) is 9.97 Å². The number of aromatic nitrogens is 2. The molecule has 0 spiro atoms. The fourth-order valence-corrected chi connectivity index (χ4v) is 2.46. The van der Waals surface area contributed by atoms with Gasteiger partial charge in [0.25, 0.3) is 5.56 Å². The van der Waals surface area contributed by atoms with Gasteiger partial charge in [-0.25, -0.2) is 4.98 Å². The number of nitrogens with zero attached hydrogens (tertiary/aromatic N) is 1. The molecule has 0 radical (unpaired) electrons. The van der Waals surface area contributed by atoms with Gasteiger partial charge < -0.3 is 10.5 Å². The van der Waals surface area contributed by atoms with Crippen molar-refractivity contribution >= 4 is 5.95 Å². The van der Waals surface area contributed by atoms with Crippen LogP contribution in [0.25, 0.3) is 0 Å². The number of hydrogen-bond acceptors (Lipinski definition) is 4. The van der Waals surface area contributed by atoms with Crippen LogP contribution in [0.2, 0.25) is 0 Å². The predicted molar refractivity (Wildman–Crippen MR) is 65.7 cm³/mol. The molecule has 5 nitrogen and oxygen atoms in total. The summed E-state index contributed by atoms with van der Waals surface area (Å²) in [4.78, 5) is 18.4. The third kappa shape index (κ3) is 2.20. The highest BCUT2D eigenvalue weighted by Crippen LogP contribution is 2.32. The largest absolute Gasteiger partial charge is 0.370 e. The number of nitrogen functional groups attached to an aromatic ring is 1. The summed E-state index contributed by atoms with van der Waals surface area (Å²) in [5, 5.41) is 0. The number of rotatable bonds is 3. The molecule has 1 atom stereocenters. The Balaban J connectivity index is 2.38. The smallest absolute Gasteiger partial charge is 0.258 e. The molecular weight excluding hydrogens is 218 g/mol. The summed E-state index contributed by atoms with van der Waals surface area (Å²) in [6.45, 7) is 4.58. The van der Waals surface area contributed by atoms with Crippen molar-refractivity contribution in [3.8, 4) is 0 Å². The average Bonchev–Trinajstić information content (AvgIpc) is 2.28. The quantitative estimate of drug-likeness (QED) is 0.832. The minimum Gasteiger partial charge on any atom is -0.370 e. The van der Waals surface area contributed by atoms with Crippen molar-refractivity contribution < 1.29 is 4.74 Å². The zero-order valence-corrected chi connectivity index (χ0v) is 10.4. The van der Waals surface area contributed by atoms with E-state index in [0.29, 0.717) is 18.6 Å². The van der Waals surface area contributed by atoms with E-state index < -0.39 is 0 Å². The lowest BCUT2D eigenvalue weighted by Gasteiger charge is -2.36. The van der Waals surface area contributed by atoms with E-state index >= 15 is 0 Å². The van der Waals surface area contributed by atoms with Gasteiger partial charge in [0.15, 0.2) is 0 Å². The second-order valence-electron chi connectivity index (χ2n) is 4.63. The molecule has 1 unspecified atom stereocenters. The van der Waals surface area contributed by atoms with Gasteiger partial charge in [0, 0.05) is 6.42 Å². The van der Waals surface area contributed by atoms with Gasteiger partial charge >= 0.3 is 0 Å². The van der Waals surface area contributed by atoms with Gasteiger partial charge in [-0.15, -0.1) is 0 Å². The molecule has 5 heteroatoms. The topological polar surface area (TPSA) is 81.0 Å². The van der Waals surface area contributed by atoms with Gasteiger partial charge in [-0.05, 0) is 12.8 Å². The van der Waals surface area contributed by atoms with E-state index in [1.54, 1.807) is 0 Å². The molecule has 0 saturated carbocycles. The summed E-state index contributed by atoms with van der Waals surface area (Å²) in [6, 6.07) is 0. The number of nitrogens with one attached hydrogen (secondary N) is 1. The van der Waals surface area contributed by atoms with Crippen LogP contribution in [0.4, 0.5) is 5.95 Å². The Bertz CT molecular complexity index is 469. The van der Waals surface area contributed by atoms with Crippen LogP contribution in [0.5, 0.6) is 0 Å². The van der Waals surface area contributed by atoms with E-state index in [2.05, 4.69) is 23.8 Å². The molecule has 0 saturated heterocycles. The van der Waals surface area contributed by atoms with Crippen molar-refractivity contribution in [2.24, 2.45) is 0 Å². The summed E-state index contributed by atoms with van der Waals surface area (Å²) in [6.07, 6.45) is 3.65. The zero-order chi connectivity index (χ0) is 12.5. The van der Waals surface area contributed by atoms with Crippen molar-refractivity contribution in [1.29, 1.82) is 0 Å². The first-order chi connectivity index (χ1) is 8.10. The Hall–Kier alpha value is -1.36. The van der Waals surface area contributed by atoms with E-state index in [1.165, 1.54) is 0 Å². The van der Waals surface area contributed by atoms with Gasteiger partial charge in [0.1, 0.15) is 0 Å². The fraction of sp³-hybridized carbons (Fsp3) is 0.667. The van der Waals surface area contributed by atoms with Crippen molar-refractivity contribution in [2.45, 2.75) is 51.7 Å². The maximum absolute atomic E-state index is 11.7. The van der Waals surface area contributed by atoms with Gasteiger partial charge in [-0.2, -0.15) is 0 Å². The maximum Gasteiger partial charge on any atom is 0.258 e. The van der Waals surface area contributed by atoms with Gasteiger partial charge in [0.2, 0.25) is 5.95 Å². The number of anilines is 1. The third-order valence-corrected chi connectivity index (χ3v) is 3.48. The predicted octanol–water partition coefficient (Wildman–Crippen LogP) is 1.37. The number of aromatic amines is 1. The summed E-state index contributed by atoms with van der Waals surface area (Å²) in [5.41, 5.74) is 6.66. The summed E-state index contributed by atoms with van der Waals surface area (Å²) >= 11 is 0. The second-order valence-corrected chi connectivity index (χ2v) is 4.63. The van der Waals surface area contributed by atoms with Crippen LogP contribution in [0.3, 0.4) is 0 Å². The number of ether oxygens (including phenoxy) is 1. The highest BCUT2D eigenvalue weighted by atomic mass is 16.5. The van der Waals surface area contributed by atoms with Crippen LogP contribution in [0, 0.1) is 0 Å². The highest BCUT2D eigenvalue weighted by molar-refractivity contribution is 5.27. The summed E-state index contributed by atoms with van der Waals surface area (Å²) in [5.74, 6) is 0.192. The van der Waals surface area contributed by atoms with E-state index in [0.717, 1.165) is 25.0 Å². The maximum atomic E-state index is 11.7. The summed E-state index contributed by atoms with van der Waals surface area (Å²) < 4.78 is 5.90. The Labute approximate surface area is 100 Å². The first-order valence-corrected chi connectivity index (χ1v) is 6.11. The highest BCUT2D eigenvalue weighted by Gasteiger charge is 2.35. The van der Waals surface area contributed by atoms with E-state index in [-0.39, 0.29) is 17.1 Å². The zero-order valence-electron chi connectivity index (χ0n) is 10.4. The first-order valence-electron chi connectivity index (χ1n) is 6.11. The first kappa shape index (κ1) is 12.1. The molecule has 0 amide bonds. The lowest BCUT2D eigenvalue weighted by Crippen LogP contribution is -2.40. The van der Waals surface area contributed by atoms with Crippen LogP contribution in [-0.4, -0.2) is 15.6 Å². The van der Waals surface area contributed by atoms with Crippen molar-refractivity contribution in [2.75, 3.05) is 5.73 Å².